The van der Waals surface area contributed by atoms with E-state index in [9.17, 15) is 46.5 Å². The highest BCUT2D eigenvalue weighted by Crippen LogP contribution is 2.37. The summed E-state index contributed by atoms with van der Waals surface area (Å²) in [4.78, 5) is 8.46. The largest absolute Gasteiger partial charge is 0.493 e. The third kappa shape index (κ3) is 19.4. The van der Waals surface area contributed by atoms with Gasteiger partial charge in [-0.05, 0) is 143 Å². The number of hydrogen-bond acceptors (Lipinski definition) is 16. The Bertz CT molecular complexity index is 6710. The number of benzene rings is 14. The van der Waals surface area contributed by atoms with Crippen molar-refractivity contribution in [1.82, 2.24) is 9.97 Å². The van der Waals surface area contributed by atoms with Crippen LogP contribution in [0.1, 0.15) is 5.56 Å². The number of nitrogens with zero attached hydrogens (tertiary/aromatic N) is 2. The molecule has 2 aromatic heterocycles. The summed E-state index contributed by atoms with van der Waals surface area (Å²) in [6, 6.07) is 91.4. The molecule has 0 atom stereocenters. The van der Waals surface area contributed by atoms with E-state index >= 15 is 0 Å². The Morgan fingerprint density at radius 3 is 1.15 bits per heavy atom. The topological polar surface area (TPSA) is 294 Å². The quantitative estimate of drug-likeness (QED) is 0.0533. The molecule has 0 saturated heterocycles. The van der Waals surface area contributed by atoms with Crippen LogP contribution in [0.5, 0.6) is 23.0 Å². The number of fused-ring (bicyclic) bond motifs is 6. The first kappa shape index (κ1) is 80.6. The normalized spacial score (nSPS) is 11.9. The average Bonchev–Trinajstić information content (AvgIpc) is 0.798. The number of aryl methyl sites for hydroxylation is 1. The second-order valence-electron chi connectivity index (χ2n) is 25.9. The smallest absolute Gasteiger partial charge is 0.264 e. The second-order valence-corrected chi connectivity index (χ2v) is 34.3. The molecule has 27 heteroatoms. The van der Waals surface area contributed by atoms with E-state index in [1.54, 1.807) is 128 Å². The Labute approximate surface area is 671 Å². The van der Waals surface area contributed by atoms with E-state index in [2.05, 4.69) is 33.6 Å². The molecule has 586 valence electrons. The van der Waals surface area contributed by atoms with Gasteiger partial charge in [-0.3, -0.25) is 33.6 Å². The Morgan fingerprint density at radius 2 is 0.672 bits per heavy atom. The molecular weight excluding hydrogens is 1570 g/mol. The van der Waals surface area contributed by atoms with E-state index in [0.29, 0.717) is 64.6 Å². The molecule has 17 rings (SSSR count). The number of sulfonamides is 5. The lowest BCUT2D eigenvalue weighted by atomic mass is 10.1. The Hall–Kier alpha value is -13.4. The van der Waals surface area contributed by atoms with Crippen LogP contribution >= 0.6 is 0 Å². The first-order valence-corrected chi connectivity index (χ1v) is 43.2. The predicted molar refractivity (Wildman–Crippen MR) is 456 cm³/mol. The lowest BCUT2D eigenvalue weighted by Gasteiger charge is -2.19. The highest BCUT2D eigenvalue weighted by atomic mass is 32.2. The first-order valence-electron chi connectivity index (χ1n) is 35.8. The van der Waals surface area contributed by atoms with Gasteiger partial charge < -0.3 is 18.9 Å². The second kappa shape index (κ2) is 35.7. The summed E-state index contributed by atoms with van der Waals surface area (Å²) in [7, 11) is -15.7. The molecule has 116 heavy (non-hydrogen) atoms. The molecule has 0 saturated carbocycles. The van der Waals surface area contributed by atoms with Crippen LogP contribution in [0.2, 0.25) is 0 Å². The lowest BCUT2D eigenvalue weighted by molar-refractivity contribution is 0.171. The Kier molecular flexibility index (Phi) is 24.8. The maximum atomic E-state index is 13.7. The van der Waals surface area contributed by atoms with Crippen LogP contribution < -0.4 is 42.6 Å². The van der Waals surface area contributed by atoms with Crippen molar-refractivity contribution in [2.45, 2.75) is 31.4 Å². The zero-order chi connectivity index (χ0) is 81.5. The molecule has 0 fully saturated rings. The molecule has 14 aromatic carbocycles. The van der Waals surface area contributed by atoms with Crippen LogP contribution in [0.3, 0.4) is 0 Å². The van der Waals surface area contributed by atoms with Crippen molar-refractivity contribution >= 4 is 132 Å². The molecule has 0 amide bonds. The van der Waals surface area contributed by atoms with Gasteiger partial charge in [-0.1, -0.05) is 200 Å². The van der Waals surface area contributed by atoms with Crippen LogP contribution in [0.15, 0.2) is 365 Å². The van der Waals surface area contributed by atoms with Gasteiger partial charge in [0.1, 0.15) is 23.9 Å². The van der Waals surface area contributed by atoms with E-state index in [4.69, 9.17) is 18.9 Å². The molecule has 0 unspecified atom stereocenters. The third-order valence-corrected chi connectivity index (χ3v) is 25.0. The Morgan fingerprint density at radius 1 is 0.310 bits per heavy atom. The molecule has 1 aliphatic rings. The zero-order valence-corrected chi connectivity index (χ0v) is 66.4. The van der Waals surface area contributed by atoms with Gasteiger partial charge in [-0.15, -0.1) is 0 Å². The molecule has 3 heterocycles. The summed E-state index contributed by atoms with van der Waals surface area (Å²) >= 11 is 0. The molecular formula is C89H74FN7O14S5. The minimum atomic E-state index is -3.96. The maximum Gasteiger partial charge on any atom is 0.264 e. The molecule has 5 N–H and O–H groups in total. The number of ether oxygens (including phenoxy) is 4. The van der Waals surface area contributed by atoms with Crippen LogP contribution in [0, 0.1) is 12.7 Å². The van der Waals surface area contributed by atoms with Gasteiger partial charge in [0.2, 0.25) is 0 Å². The summed E-state index contributed by atoms with van der Waals surface area (Å²) < 4.78 is 174. The van der Waals surface area contributed by atoms with Gasteiger partial charge in [-0.25, -0.2) is 46.5 Å². The highest BCUT2D eigenvalue weighted by Gasteiger charge is 2.24. The number of hydrogen-bond donors (Lipinski definition) is 5. The van der Waals surface area contributed by atoms with Crippen LogP contribution in [-0.4, -0.2) is 79.5 Å². The summed E-state index contributed by atoms with van der Waals surface area (Å²) in [6.07, 6.45) is 6.67. The van der Waals surface area contributed by atoms with E-state index in [0.717, 1.165) is 76.6 Å². The standard InChI is InChI=1S/C22H17NO2S.C18H17NO4S.C17H14N2O4S.C16H12FNO2S.C16H14N2O2S/c24-26(25,23-22-12-6-10-19-9-4-5-11-21(19)22)20-15-13-18(14-16-20)17-7-2-1-3-8-17;1-22-17-11-10-14(12-18(17)23-2)24(20,21)19-16-9-5-7-13-6-3-4-8-15(13)16;20-24(21,13-4-5-16-17(10-13)23-9-8-22-16)19-15-3-1-2-12-11-18-7-6-14(12)15;17-14-9-3-4-11-16(14)21(19,20)18-15-10-5-7-12-6-1-2-8-13(12)15;1-12-4-2-6-14(10-12)21(19,20)18-16-7-3-5-13-11-17-9-8-15(13)16/h1-16,23H;3-12,19H,1-2H3;1-7,10-11,19H,8-9H2;1-11,18H;2-11,18H,1H3. The van der Waals surface area contributed by atoms with Gasteiger partial charge in [0.15, 0.2) is 23.0 Å². The van der Waals surface area contributed by atoms with Crippen LogP contribution in [0.25, 0.3) is 65.0 Å². The van der Waals surface area contributed by atoms with E-state index in [1.807, 2.05) is 171 Å². The summed E-state index contributed by atoms with van der Waals surface area (Å²) in [5.41, 5.74) is 5.53. The third-order valence-electron chi connectivity index (χ3n) is 18.1. The summed E-state index contributed by atoms with van der Waals surface area (Å²) in [6.45, 7) is 2.73. The van der Waals surface area contributed by atoms with Crippen molar-refractivity contribution in [3.05, 3.63) is 352 Å². The van der Waals surface area contributed by atoms with Crippen molar-refractivity contribution in [2.75, 3.05) is 51.0 Å². The van der Waals surface area contributed by atoms with E-state index in [-0.39, 0.29) is 24.5 Å². The minimum Gasteiger partial charge on any atom is -0.493 e. The van der Waals surface area contributed by atoms with Crippen molar-refractivity contribution in [3.8, 4) is 34.1 Å². The van der Waals surface area contributed by atoms with Gasteiger partial charge in [0.05, 0.1) is 62.2 Å². The molecule has 0 bridgehead atoms. The van der Waals surface area contributed by atoms with Crippen molar-refractivity contribution in [1.29, 1.82) is 0 Å². The fraction of sp³-hybridized carbons (Fsp3) is 0.0562. The number of pyridine rings is 2. The molecule has 0 aliphatic carbocycles. The molecule has 21 nitrogen and oxygen atoms in total. The van der Waals surface area contributed by atoms with Crippen molar-refractivity contribution in [3.63, 3.8) is 0 Å². The van der Waals surface area contributed by atoms with Crippen LogP contribution in [-0.2, 0) is 50.1 Å². The number of nitrogens with one attached hydrogen (secondary N) is 5. The molecule has 1 aliphatic heterocycles. The number of halogens is 1. The highest BCUT2D eigenvalue weighted by molar-refractivity contribution is 7.94. The predicted octanol–water partition coefficient (Wildman–Crippen LogP) is 18.9. The van der Waals surface area contributed by atoms with E-state index in [1.165, 1.54) is 56.7 Å². The van der Waals surface area contributed by atoms with Gasteiger partial charge in [0.25, 0.3) is 50.1 Å². The fourth-order valence-electron chi connectivity index (χ4n) is 12.5. The maximum absolute atomic E-state index is 13.7. The number of anilines is 5. The monoisotopic (exact) mass is 1640 g/mol. The lowest BCUT2D eigenvalue weighted by Crippen LogP contribution is -2.17. The molecule has 0 spiro atoms. The van der Waals surface area contributed by atoms with Gasteiger partial charge in [0, 0.05) is 74.6 Å². The zero-order valence-electron chi connectivity index (χ0n) is 62.3. The van der Waals surface area contributed by atoms with Crippen LogP contribution in [0.4, 0.5) is 32.8 Å². The Balaban J connectivity index is 0.000000126. The average molecular weight is 1640 g/mol. The number of rotatable bonds is 18. The minimum absolute atomic E-state index is 0.105. The number of aromatic nitrogens is 2. The summed E-state index contributed by atoms with van der Waals surface area (Å²) in [5, 5.41) is 8.70. The van der Waals surface area contributed by atoms with Gasteiger partial charge in [-0.2, -0.15) is 0 Å². The summed E-state index contributed by atoms with van der Waals surface area (Å²) in [5.74, 6) is 1.05. The molecule has 0 radical (unpaired) electrons. The fourth-order valence-corrected chi connectivity index (χ4v) is 18.1. The van der Waals surface area contributed by atoms with Crippen molar-refractivity contribution < 1.29 is 65.4 Å². The van der Waals surface area contributed by atoms with E-state index < -0.39 is 55.9 Å². The first-order chi connectivity index (χ1) is 56.0. The van der Waals surface area contributed by atoms with Crippen molar-refractivity contribution in [2.24, 2.45) is 0 Å². The number of methoxy groups -OCH3 is 2. The molecule has 16 aromatic rings. The van der Waals surface area contributed by atoms with Gasteiger partial charge >= 0.3 is 0 Å². The SMILES string of the molecule is COc1ccc(S(=O)(=O)Nc2cccc3ccccc23)cc1OC.Cc1cccc(S(=O)(=O)Nc2cccc3cnccc23)c1.O=S(=O)(Nc1cccc2ccccc12)c1ccc(-c2ccccc2)cc1.O=S(=O)(Nc1cccc2ccccc12)c1ccccc1F.O=S(=O)(Nc1cccc2cnccc12)c1ccc2c(c1)OCCO2.